The number of hydrogen-bond donors (Lipinski definition) is 0. The molecule has 0 radical (unpaired) electrons. The second-order valence-electron chi connectivity index (χ2n) is 6.11. The number of carbonyl (C=O) groups is 1. The number of epoxide rings is 1. The van der Waals surface area contributed by atoms with Crippen LogP contribution in [0.25, 0.3) is 12.2 Å². The standard InChI is InChI=1S/C12H10O3.C11H12O2/c13-12(11-9-15-11)14-8-4-7-10-5-2-1-3-6-10;1-3-9-4-6-10(7-5-9)13-11-8(2)12-11/h1-7,9H,8H2;3-8,11H,1H2,2H3. The Morgan fingerprint density at radius 3 is 2.36 bits per heavy atom. The van der Waals surface area contributed by atoms with Crippen LogP contribution >= 0.6 is 0 Å². The molecule has 4 rings (SSSR count). The fourth-order valence-electron chi connectivity index (χ4n) is 2.18. The second kappa shape index (κ2) is 9.58. The second-order valence-corrected chi connectivity index (χ2v) is 6.11. The summed E-state index contributed by atoms with van der Waals surface area (Å²) >= 11 is 0. The summed E-state index contributed by atoms with van der Waals surface area (Å²) in [6, 6.07) is 17.6. The van der Waals surface area contributed by atoms with Crippen molar-refractivity contribution in [2.24, 2.45) is 0 Å². The van der Waals surface area contributed by atoms with Crippen molar-refractivity contribution >= 4 is 18.1 Å². The Morgan fingerprint density at radius 1 is 1.11 bits per heavy atom. The third kappa shape index (κ3) is 6.45. The van der Waals surface area contributed by atoms with Crippen molar-refractivity contribution in [2.45, 2.75) is 19.3 Å². The summed E-state index contributed by atoms with van der Waals surface area (Å²) in [5.74, 6) is 0.732. The van der Waals surface area contributed by atoms with Crippen LogP contribution in [-0.4, -0.2) is 25.0 Å². The van der Waals surface area contributed by atoms with Crippen LogP contribution in [0.4, 0.5) is 0 Å². The van der Waals surface area contributed by atoms with Crippen LogP contribution in [0.1, 0.15) is 18.1 Å². The summed E-state index contributed by atoms with van der Waals surface area (Å²) in [6.45, 7) is 5.93. The fourth-order valence-corrected chi connectivity index (χ4v) is 2.18. The molecule has 2 atom stereocenters. The number of hydrogen-bond acceptors (Lipinski definition) is 5. The topological polar surface area (TPSA) is 60.6 Å². The molecule has 0 spiro atoms. The average Bonchev–Trinajstić information content (AvgIpc) is 3.65. The molecule has 0 N–H and O–H groups in total. The van der Waals surface area contributed by atoms with Crippen molar-refractivity contribution in [3.8, 4) is 5.75 Å². The molecule has 28 heavy (non-hydrogen) atoms. The van der Waals surface area contributed by atoms with E-state index in [2.05, 4.69) is 11.3 Å². The predicted molar refractivity (Wildman–Crippen MR) is 107 cm³/mol. The van der Waals surface area contributed by atoms with Gasteiger partial charge < -0.3 is 18.9 Å². The molecule has 0 bridgehead atoms. The van der Waals surface area contributed by atoms with E-state index in [9.17, 15) is 4.79 Å². The molecule has 2 heterocycles. The highest BCUT2D eigenvalue weighted by Gasteiger charge is 2.36. The summed E-state index contributed by atoms with van der Waals surface area (Å²) < 4.78 is 20.1. The molecule has 5 nitrogen and oxygen atoms in total. The minimum Gasteiger partial charge on any atom is -0.462 e. The highest BCUT2D eigenvalue weighted by molar-refractivity contribution is 5.88. The minimum absolute atomic E-state index is 0.0467. The lowest BCUT2D eigenvalue weighted by atomic mass is 10.2. The summed E-state index contributed by atoms with van der Waals surface area (Å²) in [4.78, 5) is 11.0. The molecule has 2 unspecified atom stereocenters. The molecule has 2 aromatic carbocycles. The Hall–Kier alpha value is -3.31. The van der Waals surface area contributed by atoms with Crippen LogP contribution in [0.2, 0.25) is 0 Å². The van der Waals surface area contributed by atoms with Gasteiger partial charge in [-0.15, -0.1) is 0 Å². The quantitative estimate of drug-likeness (QED) is 0.522. The van der Waals surface area contributed by atoms with Crippen LogP contribution in [0.15, 0.2) is 79.3 Å². The van der Waals surface area contributed by atoms with Gasteiger partial charge in [-0.1, -0.05) is 61.2 Å². The van der Waals surface area contributed by atoms with E-state index in [1.165, 1.54) is 6.26 Å². The highest BCUT2D eigenvalue weighted by Crippen LogP contribution is 2.25. The molecule has 2 aliphatic rings. The lowest BCUT2D eigenvalue weighted by molar-refractivity contribution is -0.138. The van der Waals surface area contributed by atoms with E-state index in [1.54, 1.807) is 12.2 Å². The van der Waals surface area contributed by atoms with Gasteiger partial charge in [-0.2, -0.15) is 0 Å². The smallest absolute Gasteiger partial charge is 0.377 e. The Kier molecular flexibility index (Phi) is 6.65. The lowest BCUT2D eigenvalue weighted by Gasteiger charge is -2.01. The first-order chi connectivity index (χ1) is 13.7. The van der Waals surface area contributed by atoms with Crippen molar-refractivity contribution in [3.05, 3.63) is 90.4 Å². The number of carbonyl (C=O) groups excluding carboxylic acids is 1. The molecule has 0 aliphatic carbocycles. The third-order valence-corrected chi connectivity index (χ3v) is 3.88. The first-order valence-corrected chi connectivity index (χ1v) is 8.96. The largest absolute Gasteiger partial charge is 0.462 e. The van der Waals surface area contributed by atoms with Gasteiger partial charge in [-0.25, -0.2) is 4.79 Å². The summed E-state index contributed by atoms with van der Waals surface area (Å²) in [7, 11) is 0. The van der Waals surface area contributed by atoms with E-state index in [1.807, 2.05) is 67.6 Å². The number of esters is 1. The molecule has 2 aromatic rings. The molecule has 5 heteroatoms. The molecule has 144 valence electrons. The highest BCUT2D eigenvalue weighted by atomic mass is 16.8. The molecule has 2 aliphatic heterocycles. The first-order valence-electron chi connectivity index (χ1n) is 8.96. The van der Waals surface area contributed by atoms with Gasteiger partial charge in [0.15, 0.2) is 0 Å². The van der Waals surface area contributed by atoms with Crippen LogP contribution in [0.3, 0.4) is 0 Å². The van der Waals surface area contributed by atoms with Crippen molar-refractivity contribution in [2.75, 3.05) is 6.61 Å². The molecular formula is C23H22O5. The molecule has 0 aromatic heterocycles. The van der Waals surface area contributed by atoms with E-state index in [-0.39, 0.29) is 19.0 Å². The maximum Gasteiger partial charge on any atom is 0.377 e. The molecule has 1 fully saturated rings. The number of rotatable bonds is 7. The van der Waals surface area contributed by atoms with Crippen molar-refractivity contribution in [1.29, 1.82) is 0 Å². The Morgan fingerprint density at radius 2 is 1.79 bits per heavy atom. The maximum atomic E-state index is 11.0. The van der Waals surface area contributed by atoms with Crippen LogP contribution in [-0.2, 0) is 19.0 Å². The molecule has 1 saturated heterocycles. The van der Waals surface area contributed by atoms with Gasteiger partial charge in [0.2, 0.25) is 12.0 Å². The van der Waals surface area contributed by atoms with Gasteiger partial charge in [0.1, 0.15) is 24.7 Å². The first kappa shape index (κ1) is 19.5. The normalized spacial score (nSPS) is 18.8. The van der Waals surface area contributed by atoms with Crippen molar-refractivity contribution in [3.63, 3.8) is 0 Å². The van der Waals surface area contributed by atoms with Crippen LogP contribution in [0.5, 0.6) is 5.75 Å². The Balaban J connectivity index is 0.000000162. The SMILES string of the molecule is C=Cc1ccc(OC2OC2C)cc1.O=C(OCC=Cc1ccccc1)C1=CO1. The fraction of sp³-hybridized carbons (Fsp3) is 0.174. The van der Waals surface area contributed by atoms with Gasteiger partial charge in [0, 0.05) is 0 Å². The molecule has 0 amide bonds. The number of ether oxygens (including phenoxy) is 4. The van der Waals surface area contributed by atoms with Gasteiger partial charge in [0.05, 0.1) is 0 Å². The van der Waals surface area contributed by atoms with Crippen molar-refractivity contribution in [1.82, 2.24) is 0 Å². The maximum absolute atomic E-state index is 11.0. The number of benzene rings is 2. The summed E-state index contributed by atoms with van der Waals surface area (Å²) in [5.41, 5.74) is 2.17. The Bertz CT molecular complexity index is 852. The zero-order valence-electron chi connectivity index (χ0n) is 15.6. The third-order valence-electron chi connectivity index (χ3n) is 3.88. The molecule has 0 saturated carbocycles. The predicted octanol–water partition coefficient (Wildman–Crippen LogP) is 4.57. The monoisotopic (exact) mass is 378 g/mol. The summed E-state index contributed by atoms with van der Waals surface area (Å²) in [6.07, 6.45) is 7.04. The van der Waals surface area contributed by atoms with E-state index < -0.39 is 5.97 Å². The zero-order valence-corrected chi connectivity index (χ0v) is 15.6. The van der Waals surface area contributed by atoms with Gasteiger partial charge in [-0.3, -0.25) is 0 Å². The van der Waals surface area contributed by atoms with Crippen LogP contribution in [0, 0.1) is 0 Å². The Labute approximate surface area is 164 Å². The van der Waals surface area contributed by atoms with E-state index in [0.29, 0.717) is 5.76 Å². The van der Waals surface area contributed by atoms with E-state index in [4.69, 9.17) is 14.2 Å². The van der Waals surface area contributed by atoms with Crippen molar-refractivity contribution < 1.29 is 23.7 Å². The van der Waals surface area contributed by atoms with Gasteiger partial charge in [-0.05, 0) is 36.3 Å². The minimum atomic E-state index is -0.410. The lowest BCUT2D eigenvalue weighted by Crippen LogP contribution is -2.02. The molecular weight excluding hydrogens is 356 g/mol. The average molecular weight is 378 g/mol. The van der Waals surface area contributed by atoms with E-state index in [0.717, 1.165) is 16.9 Å². The van der Waals surface area contributed by atoms with Gasteiger partial charge >= 0.3 is 5.97 Å². The zero-order chi connectivity index (χ0) is 19.8. The van der Waals surface area contributed by atoms with E-state index >= 15 is 0 Å². The van der Waals surface area contributed by atoms with Gasteiger partial charge in [0.25, 0.3) is 0 Å². The summed E-state index contributed by atoms with van der Waals surface area (Å²) in [5, 5.41) is 0. The van der Waals surface area contributed by atoms with Crippen LogP contribution < -0.4 is 4.74 Å².